The molecule has 5 heterocycles. The van der Waals surface area contributed by atoms with Gasteiger partial charge in [-0.15, -0.1) is 5.10 Å². The van der Waals surface area contributed by atoms with Gasteiger partial charge in [-0.05, 0) is 60.8 Å². The number of ether oxygens (including phenoxy) is 2. The zero-order valence-corrected chi connectivity index (χ0v) is 37.0. The van der Waals surface area contributed by atoms with Crippen molar-refractivity contribution in [2.75, 3.05) is 25.1 Å². The molecule has 0 aliphatic carbocycles. The Labute approximate surface area is 312 Å². The number of carbonyl (C=O) groups excluding carboxylic acids is 1. The Morgan fingerprint density at radius 1 is 0.904 bits per heavy atom. The molecule has 3 aromatic rings. The third-order valence-electron chi connectivity index (χ3n) is 12.0. The van der Waals surface area contributed by atoms with Crippen LogP contribution in [0.25, 0.3) is 17.1 Å². The van der Waals surface area contributed by atoms with Gasteiger partial charge < -0.3 is 28.1 Å². The van der Waals surface area contributed by atoms with Crippen LogP contribution in [0.3, 0.4) is 0 Å². The van der Waals surface area contributed by atoms with Crippen molar-refractivity contribution in [1.82, 2.24) is 34.5 Å². The first-order valence-corrected chi connectivity index (χ1v) is 27.2. The van der Waals surface area contributed by atoms with E-state index in [9.17, 15) is 4.79 Å². The fourth-order valence-corrected chi connectivity index (χ4v) is 9.06. The highest BCUT2D eigenvalue weighted by Crippen LogP contribution is 2.47. The van der Waals surface area contributed by atoms with E-state index in [1.165, 1.54) is 10.9 Å². The number of carbonyl (C=O) groups is 1. The van der Waals surface area contributed by atoms with Crippen LogP contribution in [0.1, 0.15) is 85.5 Å². The van der Waals surface area contributed by atoms with Crippen molar-refractivity contribution in [3.8, 4) is 5.95 Å². The van der Waals surface area contributed by atoms with Crippen molar-refractivity contribution in [2.45, 2.75) is 154 Å². The van der Waals surface area contributed by atoms with Crippen molar-refractivity contribution in [3.05, 3.63) is 18.2 Å². The molecule has 0 spiro atoms. The van der Waals surface area contributed by atoms with Crippen molar-refractivity contribution < 1.29 is 27.5 Å². The van der Waals surface area contributed by atoms with E-state index in [1.807, 2.05) is 4.57 Å². The third kappa shape index (κ3) is 8.30. The van der Waals surface area contributed by atoms with Gasteiger partial charge in [0.1, 0.15) is 24.0 Å². The molecule has 1 unspecified atom stereocenters. The van der Waals surface area contributed by atoms with Crippen LogP contribution in [-0.2, 0) is 22.8 Å². The molecule has 5 atom stereocenters. The second kappa shape index (κ2) is 14.4. The number of imidazole rings is 1. The van der Waals surface area contributed by atoms with Crippen LogP contribution in [0.15, 0.2) is 12.5 Å². The first-order valence-electron chi connectivity index (χ1n) is 18.5. The molecule has 3 aromatic heterocycles. The number of anilines is 1. The summed E-state index contributed by atoms with van der Waals surface area (Å²) < 4.78 is 37.8. The lowest BCUT2D eigenvalue weighted by molar-refractivity contribution is -0.0470. The Morgan fingerprint density at radius 3 is 2.06 bits per heavy atom. The summed E-state index contributed by atoms with van der Waals surface area (Å²) in [4.78, 5) is 26.2. The number of aromatic nitrogens is 7. The number of nitrogens with zero attached hydrogens (tertiary/aromatic N) is 7. The molecule has 0 bridgehead atoms. The van der Waals surface area contributed by atoms with Crippen molar-refractivity contribution in [2.24, 2.45) is 0 Å². The fourth-order valence-electron chi connectivity index (χ4n) is 5.44. The quantitative estimate of drug-likeness (QED) is 0.148. The smallest absolute Gasteiger partial charge is 0.256 e. The number of aldehydes is 1. The summed E-state index contributed by atoms with van der Waals surface area (Å²) >= 11 is 0. The minimum absolute atomic E-state index is 0.0184. The Morgan fingerprint density at radius 2 is 1.52 bits per heavy atom. The van der Waals surface area contributed by atoms with E-state index in [4.69, 9.17) is 37.7 Å². The number of fused-ring (bicyclic) bond motifs is 1. The molecule has 2 saturated heterocycles. The molecule has 2 aliphatic rings. The molecule has 52 heavy (non-hydrogen) atoms. The topological polar surface area (TPSA) is 150 Å². The van der Waals surface area contributed by atoms with Gasteiger partial charge in [0.15, 0.2) is 54.4 Å². The Kier molecular flexibility index (Phi) is 11.3. The molecule has 2 aliphatic heterocycles. The second-order valence-electron chi connectivity index (χ2n) is 18.9. The molecule has 17 heteroatoms. The summed E-state index contributed by atoms with van der Waals surface area (Å²) in [5.41, 5.74) is 1.28. The van der Waals surface area contributed by atoms with Crippen molar-refractivity contribution >= 4 is 48.2 Å². The van der Waals surface area contributed by atoms with Gasteiger partial charge in [0.05, 0.1) is 31.8 Å². The number of hydrogen-bond acceptors (Lipinski definition) is 12. The minimum atomic E-state index is -2.40. The molecule has 0 saturated carbocycles. The standard InChI is InChI=1S/C35H62N8O6Si3/c1-33(2,3)50(10,11)46-21-25-27(48-51(12,13)34(4,5)6)28(49-52(14,15)35(7,8)9)31(47-25)42-22-36-26-29(37-23-16-17-45-20-23)38-32(39-30(26)42)43-18-24(19-44)40-41-43/h18-19,22-23,25,27-28,31H,16-17,20-21H2,1-15H3,(H,37,38,39)/t23?,25-,27-,28+,31-/m1/s1. The van der Waals surface area contributed by atoms with Crippen molar-refractivity contribution in [1.29, 1.82) is 0 Å². The maximum Gasteiger partial charge on any atom is 0.256 e. The molecule has 0 amide bonds. The molecular weight excluding hydrogens is 713 g/mol. The minimum Gasteiger partial charge on any atom is -0.414 e. The first kappa shape index (κ1) is 40.8. The molecule has 5 rings (SSSR count). The van der Waals surface area contributed by atoms with E-state index >= 15 is 0 Å². The molecule has 0 aromatic carbocycles. The molecule has 2 fully saturated rings. The van der Waals surface area contributed by atoms with Crippen LogP contribution in [0.4, 0.5) is 5.82 Å². The zero-order chi connectivity index (χ0) is 38.7. The molecule has 1 N–H and O–H groups in total. The van der Waals surface area contributed by atoms with Gasteiger partial charge >= 0.3 is 0 Å². The maximum atomic E-state index is 11.5. The monoisotopic (exact) mass is 774 g/mol. The van der Waals surface area contributed by atoms with Crippen LogP contribution in [0, 0.1) is 0 Å². The summed E-state index contributed by atoms with van der Waals surface area (Å²) in [6.07, 6.45) is 2.76. The number of rotatable bonds is 12. The summed E-state index contributed by atoms with van der Waals surface area (Å²) in [5.74, 6) is 0.771. The Bertz CT molecular complexity index is 1720. The normalized spacial score (nSPS) is 23.9. The van der Waals surface area contributed by atoms with Gasteiger partial charge in [-0.3, -0.25) is 9.36 Å². The SMILES string of the molecule is CC(C)(C)[Si](C)(C)OC[C@H]1O[C@@H](n2cnc3c(NC4CCOC4)nc(-n4cc(C=O)nn4)nc32)[C@@H](O[Si](C)(C)C(C)(C)C)[C@@H]1O[Si](C)(C)C(C)(C)C. The lowest BCUT2D eigenvalue weighted by Crippen LogP contribution is -2.54. The summed E-state index contributed by atoms with van der Waals surface area (Å²) in [6.45, 7) is 35.4. The number of hydrogen-bond donors (Lipinski definition) is 1. The third-order valence-corrected chi connectivity index (χ3v) is 25.4. The van der Waals surface area contributed by atoms with Crippen LogP contribution in [-0.4, -0.2) is 110 Å². The largest absolute Gasteiger partial charge is 0.414 e. The highest BCUT2D eigenvalue weighted by Gasteiger charge is 2.55. The maximum absolute atomic E-state index is 11.5. The Balaban J connectivity index is 1.68. The molecule has 0 radical (unpaired) electrons. The van der Waals surface area contributed by atoms with Gasteiger partial charge in [0.25, 0.3) is 5.95 Å². The summed E-state index contributed by atoms with van der Waals surface area (Å²) in [6, 6.07) is 0.0500. The lowest BCUT2D eigenvalue weighted by atomic mass is 10.1. The summed E-state index contributed by atoms with van der Waals surface area (Å²) in [7, 11) is -6.90. The average Bonchev–Trinajstić information content (AvgIpc) is 3.82. The van der Waals surface area contributed by atoms with Gasteiger partial charge in [-0.1, -0.05) is 67.5 Å². The van der Waals surface area contributed by atoms with Crippen molar-refractivity contribution in [3.63, 3.8) is 0 Å². The van der Waals surface area contributed by atoms with Gasteiger partial charge in [0, 0.05) is 6.61 Å². The Hall–Kier alpha value is -2.39. The van der Waals surface area contributed by atoms with Crippen LogP contribution < -0.4 is 5.32 Å². The molecule has 290 valence electrons. The number of nitrogens with one attached hydrogen (secondary N) is 1. The van der Waals surface area contributed by atoms with E-state index in [2.05, 4.69) is 117 Å². The van der Waals surface area contributed by atoms with Crippen LogP contribution in [0.5, 0.6) is 0 Å². The highest BCUT2D eigenvalue weighted by molar-refractivity contribution is 6.75. The molecule has 14 nitrogen and oxygen atoms in total. The van der Waals surface area contributed by atoms with E-state index < -0.39 is 49.5 Å². The second-order valence-corrected chi connectivity index (χ2v) is 33.3. The lowest BCUT2D eigenvalue weighted by Gasteiger charge is -2.44. The summed E-state index contributed by atoms with van der Waals surface area (Å²) in [5, 5.41) is 11.5. The highest BCUT2D eigenvalue weighted by atomic mass is 28.4. The predicted octanol–water partition coefficient (Wildman–Crippen LogP) is 7.12. The van der Waals surface area contributed by atoms with Gasteiger partial charge in [-0.2, -0.15) is 14.6 Å². The van der Waals surface area contributed by atoms with Gasteiger partial charge in [-0.25, -0.2) is 4.98 Å². The zero-order valence-electron chi connectivity index (χ0n) is 34.0. The van der Waals surface area contributed by atoms with E-state index in [0.717, 1.165) is 6.42 Å². The van der Waals surface area contributed by atoms with E-state index in [1.54, 1.807) is 6.33 Å². The molecular formula is C35H62N8O6Si3. The fraction of sp³-hybridized carbons (Fsp3) is 0.771. The first-order chi connectivity index (χ1) is 23.8. The average molecular weight is 775 g/mol. The predicted molar refractivity (Wildman–Crippen MR) is 210 cm³/mol. The van der Waals surface area contributed by atoms with E-state index in [0.29, 0.717) is 43.1 Å². The van der Waals surface area contributed by atoms with Crippen LogP contribution >= 0.6 is 0 Å². The van der Waals surface area contributed by atoms with Crippen LogP contribution in [0.2, 0.25) is 54.4 Å². The van der Waals surface area contributed by atoms with Gasteiger partial charge in [0.2, 0.25) is 0 Å². The van der Waals surface area contributed by atoms with E-state index in [-0.39, 0.29) is 32.8 Å².